The minimum absolute atomic E-state index is 0.00539. The number of carbonyl (C=O) groups is 1. The van der Waals surface area contributed by atoms with E-state index in [0.717, 1.165) is 48.1 Å². The third kappa shape index (κ3) is 3.31. The number of amides is 1. The first-order valence-electron chi connectivity index (χ1n) is 9.69. The van der Waals surface area contributed by atoms with Gasteiger partial charge < -0.3 is 19.7 Å². The molecule has 2 atom stereocenters. The number of nitrogens with zero attached hydrogens (tertiary/aromatic N) is 2. The Morgan fingerprint density at radius 2 is 1.89 bits per heavy atom. The molecule has 1 N–H and O–H groups in total. The molecule has 140 valence electrons. The summed E-state index contributed by atoms with van der Waals surface area (Å²) in [5.41, 5.74) is 1.90. The molecule has 3 heterocycles. The zero-order valence-corrected chi connectivity index (χ0v) is 15.2. The van der Waals surface area contributed by atoms with Crippen LogP contribution in [0.15, 0.2) is 36.5 Å². The summed E-state index contributed by atoms with van der Waals surface area (Å²) < 4.78 is 11.2. The number of rotatable bonds is 4. The summed E-state index contributed by atoms with van der Waals surface area (Å²) >= 11 is 0. The fourth-order valence-electron chi connectivity index (χ4n) is 3.97. The van der Waals surface area contributed by atoms with E-state index in [9.17, 15) is 4.79 Å². The first kappa shape index (κ1) is 16.4. The van der Waals surface area contributed by atoms with E-state index >= 15 is 0 Å². The van der Waals surface area contributed by atoms with Crippen molar-refractivity contribution in [1.29, 1.82) is 0 Å². The van der Waals surface area contributed by atoms with Crippen LogP contribution in [-0.4, -0.2) is 37.2 Å². The van der Waals surface area contributed by atoms with Crippen molar-refractivity contribution in [1.82, 2.24) is 4.98 Å². The molecular formula is C21H23N3O3. The maximum atomic E-state index is 12.6. The second-order valence-electron chi connectivity index (χ2n) is 7.44. The summed E-state index contributed by atoms with van der Waals surface area (Å²) in [4.78, 5) is 19.4. The number of hydrogen-bond donors (Lipinski definition) is 1. The van der Waals surface area contributed by atoms with Gasteiger partial charge in [0.25, 0.3) is 0 Å². The largest absolute Gasteiger partial charge is 0.486 e. The Bertz CT molecular complexity index is 846. The second kappa shape index (κ2) is 6.76. The molecule has 1 saturated heterocycles. The number of hydrogen-bond acceptors (Lipinski definition) is 5. The SMILES string of the molecule is O=C(Nc1ccc(N2CCCC2)nc1)C1CC1c1ccc2c(c1)OCCO2. The minimum atomic E-state index is 0.00539. The molecule has 1 aliphatic carbocycles. The smallest absolute Gasteiger partial charge is 0.228 e. The van der Waals surface area contributed by atoms with Crippen molar-refractivity contribution in [3.8, 4) is 11.5 Å². The number of carbonyl (C=O) groups excluding carboxylic acids is 1. The monoisotopic (exact) mass is 365 g/mol. The predicted molar refractivity (Wildman–Crippen MR) is 103 cm³/mol. The molecule has 1 amide bonds. The molecule has 2 aliphatic heterocycles. The Balaban J connectivity index is 1.21. The van der Waals surface area contributed by atoms with E-state index < -0.39 is 0 Å². The number of aromatic nitrogens is 1. The highest BCUT2D eigenvalue weighted by Gasteiger charge is 2.44. The summed E-state index contributed by atoms with van der Waals surface area (Å²) in [5.74, 6) is 2.88. The molecule has 5 rings (SSSR count). The summed E-state index contributed by atoms with van der Waals surface area (Å²) in [5, 5.41) is 3.01. The highest BCUT2D eigenvalue weighted by atomic mass is 16.6. The van der Waals surface area contributed by atoms with Gasteiger partial charge in [-0.05, 0) is 55.0 Å². The van der Waals surface area contributed by atoms with Crippen LogP contribution >= 0.6 is 0 Å². The lowest BCUT2D eigenvalue weighted by molar-refractivity contribution is -0.117. The van der Waals surface area contributed by atoms with Gasteiger partial charge in [0, 0.05) is 19.0 Å². The van der Waals surface area contributed by atoms with E-state index in [1.54, 1.807) is 6.20 Å². The molecular weight excluding hydrogens is 342 g/mol. The van der Waals surface area contributed by atoms with Crippen molar-refractivity contribution in [2.45, 2.75) is 25.2 Å². The number of benzene rings is 1. The summed E-state index contributed by atoms with van der Waals surface area (Å²) in [7, 11) is 0. The standard InChI is InChI=1S/C21H23N3O3/c25-21(23-15-4-6-20(22-13-15)24-7-1-2-8-24)17-12-16(17)14-3-5-18-19(11-14)27-10-9-26-18/h3-6,11,13,16-17H,1-2,7-10,12H2,(H,23,25). The number of ether oxygens (including phenoxy) is 2. The van der Waals surface area contributed by atoms with Gasteiger partial charge in [-0.1, -0.05) is 6.07 Å². The van der Waals surface area contributed by atoms with Crippen LogP contribution in [0.3, 0.4) is 0 Å². The second-order valence-corrected chi connectivity index (χ2v) is 7.44. The van der Waals surface area contributed by atoms with E-state index in [-0.39, 0.29) is 17.7 Å². The van der Waals surface area contributed by atoms with Crippen LogP contribution in [0.5, 0.6) is 11.5 Å². The van der Waals surface area contributed by atoms with Gasteiger partial charge in [-0.3, -0.25) is 4.79 Å². The fourth-order valence-corrected chi connectivity index (χ4v) is 3.97. The number of fused-ring (bicyclic) bond motifs is 1. The van der Waals surface area contributed by atoms with E-state index in [1.165, 1.54) is 12.8 Å². The Labute approximate surface area is 158 Å². The maximum Gasteiger partial charge on any atom is 0.228 e. The van der Waals surface area contributed by atoms with Crippen LogP contribution in [0.4, 0.5) is 11.5 Å². The van der Waals surface area contributed by atoms with Gasteiger partial charge in [0.1, 0.15) is 19.0 Å². The highest BCUT2D eigenvalue weighted by molar-refractivity contribution is 5.95. The van der Waals surface area contributed by atoms with Gasteiger partial charge in [-0.15, -0.1) is 0 Å². The Morgan fingerprint density at radius 3 is 2.67 bits per heavy atom. The highest BCUT2D eigenvalue weighted by Crippen LogP contribution is 2.49. The molecule has 0 bridgehead atoms. The van der Waals surface area contributed by atoms with Gasteiger partial charge in [0.05, 0.1) is 11.9 Å². The maximum absolute atomic E-state index is 12.6. The molecule has 0 radical (unpaired) electrons. The van der Waals surface area contributed by atoms with Gasteiger partial charge in [0.15, 0.2) is 11.5 Å². The molecule has 1 aromatic heterocycles. The first-order valence-corrected chi connectivity index (χ1v) is 9.69. The van der Waals surface area contributed by atoms with E-state index in [2.05, 4.69) is 15.2 Å². The van der Waals surface area contributed by atoms with Crippen LogP contribution in [0.2, 0.25) is 0 Å². The molecule has 2 fully saturated rings. The Kier molecular flexibility index (Phi) is 4.11. The molecule has 6 nitrogen and oxygen atoms in total. The van der Waals surface area contributed by atoms with Gasteiger partial charge in [0.2, 0.25) is 5.91 Å². The van der Waals surface area contributed by atoms with Gasteiger partial charge >= 0.3 is 0 Å². The first-order chi connectivity index (χ1) is 13.3. The van der Waals surface area contributed by atoms with Gasteiger partial charge in [-0.2, -0.15) is 0 Å². The van der Waals surface area contributed by atoms with Gasteiger partial charge in [-0.25, -0.2) is 4.98 Å². The average Bonchev–Trinajstić information content (AvgIpc) is 3.33. The summed E-state index contributed by atoms with van der Waals surface area (Å²) in [6, 6.07) is 9.93. The number of anilines is 2. The van der Waals surface area contributed by atoms with Crippen LogP contribution in [-0.2, 0) is 4.79 Å². The Morgan fingerprint density at radius 1 is 1.07 bits per heavy atom. The topological polar surface area (TPSA) is 63.7 Å². The van der Waals surface area contributed by atoms with Crippen molar-refractivity contribution in [3.05, 3.63) is 42.1 Å². The quantitative estimate of drug-likeness (QED) is 0.901. The molecule has 1 saturated carbocycles. The molecule has 1 aromatic carbocycles. The number of pyridine rings is 1. The van der Waals surface area contributed by atoms with Crippen molar-refractivity contribution in [2.24, 2.45) is 5.92 Å². The molecule has 6 heteroatoms. The molecule has 2 unspecified atom stereocenters. The van der Waals surface area contributed by atoms with Crippen molar-refractivity contribution >= 4 is 17.4 Å². The van der Waals surface area contributed by atoms with Crippen molar-refractivity contribution in [3.63, 3.8) is 0 Å². The summed E-state index contributed by atoms with van der Waals surface area (Å²) in [6.45, 7) is 3.30. The fraction of sp³-hybridized carbons (Fsp3) is 0.429. The lowest BCUT2D eigenvalue weighted by Crippen LogP contribution is -2.19. The van der Waals surface area contributed by atoms with Crippen LogP contribution in [0.1, 0.15) is 30.7 Å². The minimum Gasteiger partial charge on any atom is -0.486 e. The average molecular weight is 365 g/mol. The van der Waals surface area contributed by atoms with E-state index in [4.69, 9.17) is 9.47 Å². The lowest BCUT2D eigenvalue weighted by Gasteiger charge is -2.18. The molecule has 0 spiro atoms. The third-order valence-corrected chi connectivity index (χ3v) is 5.57. The predicted octanol–water partition coefficient (Wildman–Crippen LogP) is 3.20. The van der Waals surface area contributed by atoms with Crippen LogP contribution < -0.4 is 19.7 Å². The molecule has 2 aromatic rings. The van der Waals surface area contributed by atoms with Crippen LogP contribution in [0, 0.1) is 5.92 Å². The Hall–Kier alpha value is -2.76. The normalized spacial score (nSPS) is 23.2. The third-order valence-electron chi connectivity index (χ3n) is 5.57. The van der Waals surface area contributed by atoms with Crippen molar-refractivity contribution < 1.29 is 14.3 Å². The van der Waals surface area contributed by atoms with E-state index in [1.807, 2.05) is 30.3 Å². The van der Waals surface area contributed by atoms with E-state index in [0.29, 0.717) is 13.2 Å². The molecule has 27 heavy (non-hydrogen) atoms. The number of nitrogens with one attached hydrogen (secondary N) is 1. The summed E-state index contributed by atoms with van der Waals surface area (Å²) in [6.07, 6.45) is 5.07. The van der Waals surface area contributed by atoms with Crippen LogP contribution in [0.25, 0.3) is 0 Å². The zero-order chi connectivity index (χ0) is 18.2. The zero-order valence-electron chi connectivity index (χ0n) is 15.2. The lowest BCUT2D eigenvalue weighted by atomic mass is 10.1. The molecule has 3 aliphatic rings. The van der Waals surface area contributed by atoms with Crippen molar-refractivity contribution in [2.75, 3.05) is 36.5 Å².